The summed E-state index contributed by atoms with van der Waals surface area (Å²) in [7, 11) is 0. The lowest BCUT2D eigenvalue weighted by molar-refractivity contribution is 0.281. The monoisotopic (exact) mass is 334 g/mol. The Hall–Kier alpha value is -0.320. The van der Waals surface area contributed by atoms with Gasteiger partial charge in [-0.25, -0.2) is 0 Å². The standard InChI is InChI=1S/C11H12Br2O2/c1-7(2)6-15-11-9(12)3-8(5-14)4-10(11)13/h3-4,14H,1,5-6H2,2H3. The molecule has 1 rings (SSSR count). The van der Waals surface area contributed by atoms with Crippen LogP contribution < -0.4 is 4.74 Å². The molecule has 0 aliphatic heterocycles. The molecular formula is C11H12Br2O2. The van der Waals surface area contributed by atoms with Crippen LogP contribution in [-0.2, 0) is 6.61 Å². The molecule has 2 nitrogen and oxygen atoms in total. The maximum absolute atomic E-state index is 9.00. The maximum Gasteiger partial charge on any atom is 0.148 e. The van der Waals surface area contributed by atoms with Crippen molar-refractivity contribution < 1.29 is 9.84 Å². The molecule has 0 heterocycles. The summed E-state index contributed by atoms with van der Waals surface area (Å²) in [5.74, 6) is 0.732. The summed E-state index contributed by atoms with van der Waals surface area (Å²) in [6.07, 6.45) is 0. The van der Waals surface area contributed by atoms with Gasteiger partial charge in [-0.3, -0.25) is 0 Å². The minimum absolute atomic E-state index is 0.0119. The van der Waals surface area contributed by atoms with Crippen LogP contribution >= 0.6 is 31.9 Å². The maximum atomic E-state index is 9.00. The first-order valence-corrected chi connectivity index (χ1v) is 5.99. The summed E-state index contributed by atoms with van der Waals surface area (Å²) in [5.41, 5.74) is 1.79. The van der Waals surface area contributed by atoms with E-state index >= 15 is 0 Å². The number of hydrogen-bond donors (Lipinski definition) is 1. The van der Waals surface area contributed by atoms with Crippen LogP contribution in [-0.4, -0.2) is 11.7 Å². The fraction of sp³-hybridized carbons (Fsp3) is 0.273. The van der Waals surface area contributed by atoms with Crippen molar-refractivity contribution in [3.8, 4) is 5.75 Å². The highest BCUT2D eigenvalue weighted by molar-refractivity contribution is 9.11. The van der Waals surface area contributed by atoms with Gasteiger partial charge in [-0.1, -0.05) is 6.58 Å². The zero-order valence-electron chi connectivity index (χ0n) is 8.39. The molecule has 0 saturated carbocycles. The van der Waals surface area contributed by atoms with Gasteiger partial charge in [-0.05, 0) is 62.1 Å². The second-order valence-electron chi connectivity index (χ2n) is 3.29. The van der Waals surface area contributed by atoms with Crippen molar-refractivity contribution in [3.05, 3.63) is 38.8 Å². The third kappa shape index (κ3) is 3.63. The Morgan fingerprint density at radius 2 is 1.93 bits per heavy atom. The van der Waals surface area contributed by atoms with Gasteiger partial charge in [-0.2, -0.15) is 0 Å². The van der Waals surface area contributed by atoms with Crippen LogP contribution in [0.15, 0.2) is 33.2 Å². The van der Waals surface area contributed by atoms with Crippen LogP contribution in [0.3, 0.4) is 0 Å². The molecular weight excluding hydrogens is 324 g/mol. The molecule has 1 aromatic carbocycles. The molecule has 1 N–H and O–H groups in total. The number of aliphatic hydroxyl groups is 1. The van der Waals surface area contributed by atoms with E-state index < -0.39 is 0 Å². The molecule has 1 aromatic rings. The van der Waals surface area contributed by atoms with Gasteiger partial charge in [0.15, 0.2) is 0 Å². The topological polar surface area (TPSA) is 29.5 Å². The predicted octanol–water partition coefficient (Wildman–Crippen LogP) is 3.66. The van der Waals surface area contributed by atoms with Gasteiger partial charge in [0.1, 0.15) is 12.4 Å². The van der Waals surface area contributed by atoms with Gasteiger partial charge < -0.3 is 9.84 Å². The number of halogens is 2. The molecule has 4 heteroatoms. The lowest BCUT2D eigenvalue weighted by atomic mass is 10.2. The minimum Gasteiger partial charge on any atom is -0.487 e. The van der Waals surface area contributed by atoms with Crippen molar-refractivity contribution in [2.45, 2.75) is 13.5 Å². The summed E-state index contributed by atoms with van der Waals surface area (Å²) < 4.78 is 7.20. The second kappa shape index (κ2) is 5.68. The summed E-state index contributed by atoms with van der Waals surface area (Å²) in [4.78, 5) is 0. The van der Waals surface area contributed by atoms with Crippen LogP contribution in [0.2, 0.25) is 0 Å². The third-order valence-corrected chi connectivity index (χ3v) is 2.88. The molecule has 0 atom stereocenters. The Balaban J connectivity index is 2.92. The molecule has 0 aliphatic rings. The van der Waals surface area contributed by atoms with Crippen molar-refractivity contribution >= 4 is 31.9 Å². The van der Waals surface area contributed by atoms with E-state index in [0.29, 0.717) is 6.61 Å². The lowest BCUT2D eigenvalue weighted by Crippen LogP contribution is -1.99. The fourth-order valence-electron chi connectivity index (χ4n) is 1.04. The number of aliphatic hydroxyl groups excluding tert-OH is 1. The Morgan fingerprint density at radius 3 is 2.33 bits per heavy atom. The van der Waals surface area contributed by atoms with Crippen molar-refractivity contribution in [1.82, 2.24) is 0 Å². The van der Waals surface area contributed by atoms with Crippen LogP contribution in [0.4, 0.5) is 0 Å². The van der Waals surface area contributed by atoms with Crippen LogP contribution in [0.25, 0.3) is 0 Å². The first-order valence-electron chi connectivity index (χ1n) is 4.40. The summed E-state index contributed by atoms with van der Waals surface area (Å²) in [6, 6.07) is 3.66. The highest BCUT2D eigenvalue weighted by atomic mass is 79.9. The van der Waals surface area contributed by atoms with Crippen LogP contribution in [0.5, 0.6) is 5.75 Å². The second-order valence-corrected chi connectivity index (χ2v) is 5.00. The Bertz CT molecular complexity index is 352. The molecule has 0 fully saturated rings. The number of hydrogen-bond acceptors (Lipinski definition) is 2. The van der Waals surface area contributed by atoms with Crippen LogP contribution in [0.1, 0.15) is 12.5 Å². The van der Waals surface area contributed by atoms with Crippen molar-refractivity contribution in [1.29, 1.82) is 0 Å². The molecule has 0 radical (unpaired) electrons. The molecule has 0 amide bonds. The molecule has 0 spiro atoms. The van der Waals surface area contributed by atoms with Gasteiger partial charge in [0, 0.05) is 0 Å². The number of benzene rings is 1. The number of ether oxygens (including phenoxy) is 1. The Labute approximate surface area is 106 Å². The van der Waals surface area contributed by atoms with Gasteiger partial charge in [-0.15, -0.1) is 0 Å². The average molecular weight is 336 g/mol. The zero-order valence-corrected chi connectivity index (χ0v) is 11.6. The average Bonchev–Trinajstić information content (AvgIpc) is 2.15. The first kappa shape index (κ1) is 12.7. The van der Waals surface area contributed by atoms with E-state index in [1.54, 1.807) is 0 Å². The van der Waals surface area contributed by atoms with E-state index in [1.165, 1.54) is 0 Å². The molecule has 0 bridgehead atoms. The minimum atomic E-state index is 0.0119. The third-order valence-electron chi connectivity index (χ3n) is 1.70. The van der Waals surface area contributed by atoms with Gasteiger partial charge in [0.25, 0.3) is 0 Å². The predicted molar refractivity (Wildman–Crippen MR) is 68.1 cm³/mol. The van der Waals surface area contributed by atoms with E-state index in [-0.39, 0.29) is 6.61 Å². The summed E-state index contributed by atoms with van der Waals surface area (Å²) >= 11 is 6.79. The van der Waals surface area contributed by atoms with Crippen molar-refractivity contribution in [2.75, 3.05) is 6.61 Å². The normalized spacial score (nSPS) is 10.1. The van der Waals surface area contributed by atoms with Crippen LogP contribution in [0, 0.1) is 0 Å². The summed E-state index contributed by atoms with van der Waals surface area (Å²) in [6.45, 7) is 6.17. The van der Waals surface area contributed by atoms with E-state index in [2.05, 4.69) is 38.4 Å². The van der Waals surface area contributed by atoms with E-state index in [4.69, 9.17) is 9.84 Å². The fourth-order valence-corrected chi connectivity index (χ4v) is 2.55. The molecule has 0 unspecified atom stereocenters. The molecule has 0 aromatic heterocycles. The van der Waals surface area contributed by atoms with Crippen molar-refractivity contribution in [3.63, 3.8) is 0 Å². The van der Waals surface area contributed by atoms with E-state index in [0.717, 1.165) is 25.8 Å². The number of rotatable bonds is 4. The first-order chi connectivity index (χ1) is 7.04. The smallest absolute Gasteiger partial charge is 0.148 e. The molecule has 0 aliphatic carbocycles. The van der Waals surface area contributed by atoms with E-state index in [1.807, 2.05) is 19.1 Å². The molecule has 82 valence electrons. The quantitative estimate of drug-likeness (QED) is 0.851. The lowest BCUT2D eigenvalue weighted by Gasteiger charge is -2.11. The Kier molecular flexibility index (Phi) is 4.83. The largest absolute Gasteiger partial charge is 0.487 e. The van der Waals surface area contributed by atoms with Gasteiger partial charge in [0.2, 0.25) is 0 Å². The highest BCUT2D eigenvalue weighted by Crippen LogP contribution is 2.34. The SMILES string of the molecule is C=C(C)COc1c(Br)cc(CO)cc1Br. The molecule has 0 saturated heterocycles. The van der Waals surface area contributed by atoms with Crippen molar-refractivity contribution in [2.24, 2.45) is 0 Å². The van der Waals surface area contributed by atoms with Gasteiger partial charge in [0.05, 0.1) is 15.6 Å². The van der Waals surface area contributed by atoms with Gasteiger partial charge >= 0.3 is 0 Å². The molecule has 15 heavy (non-hydrogen) atoms. The zero-order chi connectivity index (χ0) is 11.4. The highest BCUT2D eigenvalue weighted by Gasteiger charge is 2.08. The summed E-state index contributed by atoms with van der Waals surface area (Å²) in [5, 5.41) is 9.00. The Morgan fingerprint density at radius 1 is 1.40 bits per heavy atom. The van der Waals surface area contributed by atoms with E-state index in [9.17, 15) is 0 Å².